The summed E-state index contributed by atoms with van der Waals surface area (Å²) in [5.41, 5.74) is 4.52. The number of carbonyl (C=O) groups is 11. The fourth-order valence-electron chi connectivity index (χ4n) is 9.30. The van der Waals surface area contributed by atoms with Crippen LogP contribution in [0.25, 0.3) is 12.2 Å². The molecule has 4 amide bonds. The second-order valence-electron chi connectivity index (χ2n) is 24.7. The summed E-state index contributed by atoms with van der Waals surface area (Å²) in [7, 11) is 4.47. The van der Waals surface area contributed by atoms with E-state index in [1.54, 1.807) is 187 Å². The number of hydrogen-bond donors (Lipinski definition) is 5. The summed E-state index contributed by atoms with van der Waals surface area (Å²) >= 11 is 8.20. The summed E-state index contributed by atoms with van der Waals surface area (Å²) in [5.74, 6) is -1.82. The summed E-state index contributed by atoms with van der Waals surface area (Å²) in [6.45, 7) is 11.6. The summed E-state index contributed by atoms with van der Waals surface area (Å²) in [6, 6.07) is 44.8. The molecular formula is C79H73I3N6O21S3. The van der Waals surface area contributed by atoms with Crippen molar-refractivity contribution in [3.05, 3.63) is 245 Å². The monoisotopic (exact) mass is 1920 g/mol. The number of nitrogens with one attached hydrogen (secondary N) is 4. The van der Waals surface area contributed by atoms with Gasteiger partial charge in [-0.05, 0) is 214 Å². The van der Waals surface area contributed by atoms with Crippen molar-refractivity contribution in [3.63, 3.8) is 0 Å². The molecular weight excluding hydrogens is 1850 g/mol. The highest BCUT2D eigenvalue weighted by Crippen LogP contribution is 2.33. The molecule has 0 saturated heterocycles. The Bertz CT molecular complexity index is 4960. The van der Waals surface area contributed by atoms with Crippen LogP contribution in [0.3, 0.4) is 0 Å². The van der Waals surface area contributed by atoms with E-state index in [0.29, 0.717) is 94.4 Å². The third kappa shape index (κ3) is 28.7. The maximum Gasteiger partial charge on any atom is 0.412 e. The van der Waals surface area contributed by atoms with Gasteiger partial charge in [-0.15, -0.1) is 58.0 Å². The molecule has 9 aromatic rings. The number of aldehydes is 1. The number of hydrogen-bond acceptors (Lipinski definition) is 25. The molecule has 0 spiro atoms. The summed E-state index contributed by atoms with van der Waals surface area (Å²) in [6.07, 6.45) is 2.85. The van der Waals surface area contributed by atoms with Crippen molar-refractivity contribution in [1.82, 2.24) is 5.32 Å². The minimum absolute atomic E-state index is 0. The quantitative estimate of drug-likeness (QED) is 0.00848. The van der Waals surface area contributed by atoms with Crippen LogP contribution in [-0.2, 0) is 44.5 Å². The van der Waals surface area contributed by atoms with Crippen molar-refractivity contribution in [2.75, 3.05) is 43.8 Å². The molecule has 5 heterocycles. The van der Waals surface area contributed by atoms with Gasteiger partial charge < -0.3 is 58.4 Å². The number of halogens is 3. The zero-order valence-corrected chi connectivity index (χ0v) is 70.5. The van der Waals surface area contributed by atoms with Gasteiger partial charge in [0.15, 0.2) is 40.2 Å². The van der Waals surface area contributed by atoms with Gasteiger partial charge in [-0.1, -0.05) is 30.3 Å². The predicted molar refractivity (Wildman–Crippen MR) is 453 cm³/mol. The number of carbonyl (C=O) groups excluding carboxylic acids is 10. The number of ketones is 1. The van der Waals surface area contributed by atoms with Crippen LogP contribution < -0.4 is 45.0 Å². The van der Waals surface area contributed by atoms with Crippen LogP contribution in [0.15, 0.2) is 201 Å². The fraction of sp³-hybridized carbons (Fsp3) is 0.177. The Kier molecular flexibility index (Phi) is 35.0. The number of nitrogens with zero attached hydrogens (tertiary/aromatic N) is 2. The van der Waals surface area contributed by atoms with Crippen molar-refractivity contribution in [3.8, 4) is 28.7 Å². The van der Waals surface area contributed by atoms with Crippen molar-refractivity contribution in [1.29, 1.82) is 0 Å². The molecule has 0 atom stereocenters. The molecule has 0 fully saturated rings. The molecule has 3 aromatic heterocycles. The van der Waals surface area contributed by atoms with E-state index in [2.05, 4.69) is 68.5 Å². The van der Waals surface area contributed by atoms with Gasteiger partial charge in [0, 0.05) is 95.5 Å². The van der Waals surface area contributed by atoms with E-state index < -0.39 is 65.7 Å². The van der Waals surface area contributed by atoms with E-state index in [4.69, 9.17) is 47.7 Å². The van der Waals surface area contributed by atoms with Gasteiger partial charge >= 0.3 is 42.0 Å². The number of esters is 4. The summed E-state index contributed by atoms with van der Waals surface area (Å²) in [4.78, 5) is 139. The van der Waals surface area contributed by atoms with Crippen LogP contribution >= 0.6 is 95.2 Å². The van der Waals surface area contributed by atoms with Gasteiger partial charge in [0.05, 0.1) is 26.2 Å². The minimum Gasteiger partial charge on any atom is -0.496 e. The van der Waals surface area contributed by atoms with Crippen LogP contribution in [-0.4, -0.2) is 122 Å². The van der Waals surface area contributed by atoms with E-state index in [9.17, 15) is 52.7 Å². The molecule has 5 N–H and O–H groups in total. The second-order valence-corrected chi connectivity index (χ2v) is 27.6. The molecule has 0 aliphatic carbocycles. The normalized spacial score (nSPS) is 12.4. The van der Waals surface area contributed by atoms with Gasteiger partial charge in [-0.2, -0.15) is 0 Å². The highest BCUT2D eigenvalue weighted by molar-refractivity contribution is 15.0. The molecule has 11 rings (SSSR count). The van der Waals surface area contributed by atoms with Gasteiger partial charge in [0.25, 0.3) is 5.91 Å². The lowest BCUT2D eigenvalue weighted by atomic mass is 10.0. The third-order valence-corrected chi connectivity index (χ3v) is 16.7. The number of amides is 4. The maximum absolute atomic E-state index is 12.6. The number of aliphatic carboxylic acids is 1. The Balaban J connectivity index is 0.000000239. The molecule has 0 unspecified atom stereocenters. The van der Waals surface area contributed by atoms with Crippen LogP contribution in [0.5, 0.6) is 28.7 Å². The Labute approximate surface area is 695 Å². The van der Waals surface area contributed by atoms with Crippen molar-refractivity contribution >= 4 is 202 Å². The van der Waals surface area contributed by atoms with E-state index >= 15 is 0 Å². The lowest BCUT2D eigenvalue weighted by Crippen LogP contribution is -2.29. The molecule has 6 aromatic carbocycles. The fourth-order valence-corrected chi connectivity index (χ4v) is 11.2. The number of ether oxygens (including phenoxy) is 9. The first-order valence-corrected chi connectivity index (χ1v) is 41.7. The molecule has 584 valence electrons. The van der Waals surface area contributed by atoms with E-state index in [-0.39, 0.29) is 71.0 Å². The molecule has 112 heavy (non-hydrogen) atoms. The number of thiophene rings is 3. The SMILES string of the molecule is CC(C)(C)OC(=O)Nc1ccc(C(=O)NCC(=O)O)cc1.COc1cc(C=O)ccc1OC(=O)c1cccs1.COc1ccc(/C=C2/N=C(c3ccc(NC(=O)OC(C)(C)C)cc3)OC2=O)cc1OC(=O)c1cccs1.COc1ccc(/C=C2/N=C(c3ccc(NC(C)=O)cc3)OC2=O)cc1CC(=O)c1cccs1.I.II. The number of rotatable bonds is 21. The number of anilines is 3. The molecule has 0 radical (unpaired) electrons. The molecule has 27 nitrogen and oxygen atoms in total. The second kappa shape index (κ2) is 43.6. The van der Waals surface area contributed by atoms with E-state index in [1.165, 1.54) is 97.6 Å². The molecule has 2 aliphatic rings. The minimum atomic E-state index is -1.12. The highest BCUT2D eigenvalue weighted by Gasteiger charge is 2.28. The van der Waals surface area contributed by atoms with Crippen LogP contribution in [0.1, 0.15) is 126 Å². The highest BCUT2D eigenvalue weighted by atomic mass is 128. The summed E-state index contributed by atoms with van der Waals surface area (Å²) < 4.78 is 47.4. The Morgan fingerprint density at radius 1 is 0.509 bits per heavy atom. The number of methoxy groups -OCH3 is 3. The lowest BCUT2D eigenvalue weighted by Gasteiger charge is -2.19. The van der Waals surface area contributed by atoms with Crippen molar-refractivity contribution in [2.45, 2.75) is 66.1 Å². The number of carboxylic acid groups (broad SMARTS) is 1. The van der Waals surface area contributed by atoms with Crippen LogP contribution in [0, 0.1) is 0 Å². The Morgan fingerprint density at radius 3 is 1.35 bits per heavy atom. The number of cyclic esters (lactones) is 2. The first kappa shape index (κ1) is 89.9. The van der Waals surface area contributed by atoms with Gasteiger partial charge in [-0.25, -0.2) is 38.8 Å². The first-order valence-electron chi connectivity index (χ1n) is 32.8. The van der Waals surface area contributed by atoms with Crippen LogP contribution in [0.2, 0.25) is 0 Å². The van der Waals surface area contributed by atoms with Gasteiger partial charge in [-0.3, -0.25) is 34.6 Å². The van der Waals surface area contributed by atoms with Crippen molar-refractivity contribution < 1.29 is 100 Å². The Morgan fingerprint density at radius 2 is 0.920 bits per heavy atom. The van der Waals surface area contributed by atoms with Gasteiger partial charge in [0.1, 0.15) is 39.5 Å². The summed E-state index contributed by atoms with van der Waals surface area (Å²) in [5, 5.41) is 24.0. The number of benzene rings is 6. The van der Waals surface area contributed by atoms with E-state index in [0.717, 1.165) is 5.56 Å². The zero-order chi connectivity index (χ0) is 81.0. The maximum atomic E-state index is 12.6. The average molecular weight is 1920 g/mol. The largest absolute Gasteiger partial charge is 0.496 e. The molecule has 0 bridgehead atoms. The molecule has 33 heteroatoms. The third-order valence-electron chi connectivity index (χ3n) is 14.1. The van der Waals surface area contributed by atoms with Gasteiger partial charge in [0.2, 0.25) is 17.7 Å². The number of aliphatic imine (C=N–C) groups is 2. The zero-order valence-electron chi connectivity index (χ0n) is 61.4. The first-order chi connectivity index (χ1) is 52.9. The smallest absolute Gasteiger partial charge is 0.412 e. The lowest BCUT2D eigenvalue weighted by molar-refractivity contribution is -0.136. The molecule has 0 saturated carbocycles. The number of carboxylic acids is 1. The predicted octanol–water partition coefficient (Wildman–Crippen LogP) is 17.2. The van der Waals surface area contributed by atoms with E-state index in [1.807, 2.05) is 11.4 Å². The Hall–Kier alpha value is -11.0. The number of Topliss-reactive ketones (excluding diaryl/α,β-unsaturated/α-hetero) is 1. The topological polar surface area (TPSA) is 364 Å². The average Bonchev–Trinajstić information content (AvgIpc) is 1.78. The van der Waals surface area contributed by atoms with Crippen molar-refractivity contribution in [2.24, 2.45) is 9.98 Å². The standard InChI is InChI=1S/C27H24N2O7S.C25H20N2O5S.C14H18N2O5.C13H10O4S.I2.HI/c1-27(2,3)36-26(32)28-18-10-8-17(9-11-18)23-29-19(24(30)35-23)14-16-7-12-20(33-4)21(15-16)34-25(31)22-6-5-13-37-22;1-15(28)26-19-8-6-17(7-9-19)24-27-20(25(30)32-24)13-16-5-10-22(31-2)18(12-16)14-21(29)23-4-3-11-33-23;1-14(2,3)21-13(20)16-10-6-4-9(5-7-10)12(19)15-8-11(17)18;1-16-11-7-9(8-14)4-5-10(11)17-13(15)12-3-2-6-18-12;1-2;/h5-15H,1-4H3,(H,28,32);3-13H,14H2,1-2H3,(H,26,28);4-7H,8H2,1-3H3,(H,15,19)(H,16,20)(H,17,18);2-8H,1H3;;1H/b19-14+;20-13+;;;;. The molecule has 2 aliphatic heterocycles. The van der Waals surface area contributed by atoms with Crippen LogP contribution in [0.4, 0.5) is 26.7 Å².